The van der Waals surface area contributed by atoms with Crippen LogP contribution in [0.1, 0.15) is 11.1 Å². The van der Waals surface area contributed by atoms with Crippen molar-refractivity contribution in [2.75, 3.05) is 13.2 Å². The normalized spacial score (nSPS) is 11.7. The van der Waals surface area contributed by atoms with Gasteiger partial charge >= 0.3 is 0 Å². The fourth-order valence-corrected chi connectivity index (χ4v) is 3.29. The fourth-order valence-electron chi connectivity index (χ4n) is 2.36. The Balaban J connectivity index is 2.51. The lowest BCUT2D eigenvalue weighted by molar-refractivity contribution is 0.115. The van der Waals surface area contributed by atoms with Gasteiger partial charge in [-0.2, -0.15) is 0 Å². The minimum atomic E-state index is -1.01. The number of aliphatic hydroxyl groups excluding tert-OH is 2. The van der Waals surface area contributed by atoms with Crippen molar-refractivity contribution in [3.05, 3.63) is 68.9 Å². The first-order valence-corrected chi connectivity index (χ1v) is 7.61. The Labute approximate surface area is 136 Å². The van der Waals surface area contributed by atoms with Gasteiger partial charge in [-0.25, -0.2) is 4.39 Å². The first kappa shape index (κ1) is 16.4. The molecule has 112 valence electrons. The fraction of sp³-hybridized carbons (Fsp3) is 0.250. The second-order valence-electron chi connectivity index (χ2n) is 4.95. The van der Waals surface area contributed by atoms with Crippen LogP contribution in [-0.4, -0.2) is 23.4 Å². The predicted octanol–water partition coefficient (Wildman–Crippen LogP) is 3.71. The van der Waals surface area contributed by atoms with Crippen LogP contribution in [-0.2, 0) is 11.8 Å². The summed E-state index contributed by atoms with van der Waals surface area (Å²) in [7, 11) is 0. The number of aliphatic hydroxyl groups is 2. The highest BCUT2D eigenvalue weighted by Crippen LogP contribution is 2.35. The van der Waals surface area contributed by atoms with Gasteiger partial charge < -0.3 is 10.2 Å². The van der Waals surface area contributed by atoms with E-state index in [1.807, 2.05) is 18.2 Å². The third-order valence-electron chi connectivity index (χ3n) is 3.63. The monoisotopic (exact) mass is 372 g/mol. The summed E-state index contributed by atoms with van der Waals surface area (Å²) in [6.07, 6.45) is 0.105. The summed E-state index contributed by atoms with van der Waals surface area (Å²) in [5, 5.41) is 20.0. The van der Waals surface area contributed by atoms with Crippen LogP contribution in [0, 0.1) is 5.82 Å². The molecule has 0 saturated heterocycles. The lowest BCUT2D eigenvalue weighted by atomic mass is 9.76. The van der Waals surface area contributed by atoms with E-state index in [0.29, 0.717) is 5.56 Å². The quantitative estimate of drug-likeness (QED) is 0.839. The minimum Gasteiger partial charge on any atom is -0.395 e. The van der Waals surface area contributed by atoms with Crippen LogP contribution in [0.5, 0.6) is 0 Å². The molecule has 0 heterocycles. The molecule has 0 aromatic heterocycles. The summed E-state index contributed by atoms with van der Waals surface area (Å²) in [4.78, 5) is 0. The maximum atomic E-state index is 14.0. The molecule has 0 fully saturated rings. The molecule has 2 rings (SSSR count). The maximum Gasteiger partial charge on any atom is 0.127 e. The van der Waals surface area contributed by atoms with Crippen molar-refractivity contribution in [1.29, 1.82) is 0 Å². The number of benzene rings is 2. The SMILES string of the molecule is OCC(CO)(Cc1c(F)cccc1Cl)c1ccccc1Br. The highest BCUT2D eigenvalue weighted by molar-refractivity contribution is 9.10. The smallest absolute Gasteiger partial charge is 0.127 e. The van der Waals surface area contributed by atoms with Gasteiger partial charge in [0.1, 0.15) is 5.82 Å². The lowest BCUT2D eigenvalue weighted by Crippen LogP contribution is -2.38. The number of hydrogen-bond donors (Lipinski definition) is 2. The van der Waals surface area contributed by atoms with Gasteiger partial charge in [0.15, 0.2) is 0 Å². The first-order valence-electron chi connectivity index (χ1n) is 6.43. The van der Waals surface area contributed by atoms with E-state index in [9.17, 15) is 14.6 Å². The van der Waals surface area contributed by atoms with Crippen LogP contribution in [0.15, 0.2) is 46.9 Å². The minimum absolute atomic E-state index is 0.105. The molecule has 0 saturated carbocycles. The van der Waals surface area contributed by atoms with Crippen LogP contribution in [0.3, 0.4) is 0 Å². The van der Waals surface area contributed by atoms with Gasteiger partial charge in [-0.05, 0) is 30.2 Å². The molecule has 0 aliphatic carbocycles. The second kappa shape index (κ2) is 6.88. The van der Waals surface area contributed by atoms with Crippen LogP contribution in [0.2, 0.25) is 5.02 Å². The van der Waals surface area contributed by atoms with Crippen LogP contribution in [0.25, 0.3) is 0 Å². The van der Waals surface area contributed by atoms with Crippen LogP contribution < -0.4 is 0 Å². The summed E-state index contributed by atoms with van der Waals surface area (Å²) >= 11 is 9.48. The largest absolute Gasteiger partial charge is 0.395 e. The van der Waals surface area contributed by atoms with Gasteiger partial charge in [0.05, 0.1) is 13.2 Å². The molecular formula is C16H15BrClFO2. The molecule has 0 spiro atoms. The van der Waals surface area contributed by atoms with E-state index in [2.05, 4.69) is 15.9 Å². The second-order valence-corrected chi connectivity index (χ2v) is 6.21. The van der Waals surface area contributed by atoms with Gasteiger partial charge in [-0.1, -0.05) is 51.8 Å². The van der Waals surface area contributed by atoms with E-state index < -0.39 is 11.2 Å². The Morgan fingerprint density at radius 2 is 1.71 bits per heavy atom. The molecule has 0 radical (unpaired) electrons. The van der Waals surface area contributed by atoms with Crippen molar-refractivity contribution in [3.8, 4) is 0 Å². The third-order valence-corrected chi connectivity index (χ3v) is 4.67. The van der Waals surface area contributed by atoms with Gasteiger partial charge in [0, 0.05) is 20.5 Å². The van der Waals surface area contributed by atoms with Crippen molar-refractivity contribution in [1.82, 2.24) is 0 Å². The van der Waals surface area contributed by atoms with E-state index in [-0.39, 0.29) is 30.2 Å². The van der Waals surface area contributed by atoms with E-state index in [0.717, 1.165) is 4.47 Å². The van der Waals surface area contributed by atoms with E-state index in [1.165, 1.54) is 12.1 Å². The molecular weight excluding hydrogens is 359 g/mol. The summed E-state index contributed by atoms with van der Waals surface area (Å²) in [5.74, 6) is -0.444. The third kappa shape index (κ3) is 3.29. The zero-order valence-corrected chi connectivity index (χ0v) is 13.5. The summed E-state index contributed by atoms with van der Waals surface area (Å²) < 4.78 is 14.8. The molecule has 0 aliphatic heterocycles. The van der Waals surface area contributed by atoms with Crippen molar-refractivity contribution in [2.45, 2.75) is 11.8 Å². The van der Waals surface area contributed by atoms with E-state index in [4.69, 9.17) is 11.6 Å². The molecule has 0 amide bonds. The van der Waals surface area contributed by atoms with E-state index >= 15 is 0 Å². The van der Waals surface area contributed by atoms with E-state index in [1.54, 1.807) is 12.1 Å². The Bertz CT molecular complexity index is 609. The van der Waals surface area contributed by atoms with Crippen molar-refractivity contribution in [3.63, 3.8) is 0 Å². The first-order chi connectivity index (χ1) is 10.0. The zero-order valence-electron chi connectivity index (χ0n) is 11.2. The number of hydrogen-bond acceptors (Lipinski definition) is 2. The average Bonchev–Trinajstić information content (AvgIpc) is 2.49. The number of halogens is 3. The van der Waals surface area contributed by atoms with Crippen LogP contribution in [0.4, 0.5) is 4.39 Å². The number of rotatable bonds is 5. The molecule has 2 aromatic rings. The lowest BCUT2D eigenvalue weighted by Gasteiger charge is -2.32. The Morgan fingerprint density at radius 1 is 1.05 bits per heavy atom. The van der Waals surface area contributed by atoms with Gasteiger partial charge in [0.2, 0.25) is 0 Å². The standard InChI is InChI=1S/C16H15BrClFO2/c17-13-5-2-1-4-12(13)16(9-20,10-21)8-11-14(18)6-3-7-15(11)19/h1-7,20-21H,8-10H2. The highest BCUT2D eigenvalue weighted by Gasteiger charge is 2.34. The molecule has 21 heavy (non-hydrogen) atoms. The Hall–Kier alpha value is -0.940. The summed E-state index contributed by atoms with van der Waals surface area (Å²) in [6.45, 7) is -0.645. The van der Waals surface area contributed by atoms with Gasteiger partial charge in [0.25, 0.3) is 0 Å². The van der Waals surface area contributed by atoms with Crippen LogP contribution >= 0.6 is 27.5 Å². The highest BCUT2D eigenvalue weighted by atomic mass is 79.9. The molecule has 0 aliphatic rings. The molecule has 0 unspecified atom stereocenters. The topological polar surface area (TPSA) is 40.5 Å². The maximum absolute atomic E-state index is 14.0. The van der Waals surface area contributed by atoms with Crippen molar-refractivity contribution in [2.24, 2.45) is 0 Å². The zero-order chi connectivity index (χ0) is 15.5. The Morgan fingerprint density at radius 3 is 2.29 bits per heavy atom. The van der Waals surface area contributed by atoms with Crippen molar-refractivity contribution >= 4 is 27.5 Å². The molecule has 2 aromatic carbocycles. The average molecular weight is 374 g/mol. The molecule has 2 N–H and O–H groups in total. The molecule has 2 nitrogen and oxygen atoms in total. The van der Waals surface area contributed by atoms with Gasteiger partial charge in [-0.15, -0.1) is 0 Å². The summed E-state index contributed by atoms with van der Waals surface area (Å²) in [5.41, 5.74) is -0.00121. The predicted molar refractivity (Wildman–Crippen MR) is 85.1 cm³/mol. The summed E-state index contributed by atoms with van der Waals surface area (Å²) in [6, 6.07) is 11.7. The molecule has 0 atom stereocenters. The van der Waals surface area contributed by atoms with Gasteiger partial charge in [-0.3, -0.25) is 0 Å². The Kier molecular flexibility index (Phi) is 5.38. The molecule has 5 heteroatoms. The van der Waals surface area contributed by atoms with Crippen molar-refractivity contribution < 1.29 is 14.6 Å². The molecule has 0 bridgehead atoms.